The lowest BCUT2D eigenvalue weighted by atomic mass is 9.96. The van der Waals surface area contributed by atoms with E-state index >= 15 is 0 Å². The SMILES string of the molecule is CCC(CC)C(O)CNC(=O)Cc1ccccc1C(F)(F)F. The number of halogens is 3. The van der Waals surface area contributed by atoms with Crippen LogP contribution < -0.4 is 5.32 Å². The summed E-state index contributed by atoms with van der Waals surface area (Å²) in [6.45, 7) is 3.94. The Morgan fingerprint density at radius 2 is 1.82 bits per heavy atom. The number of benzene rings is 1. The lowest BCUT2D eigenvalue weighted by Crippen LogP contribution is -2.37. The molecule has 1 atom stereocenters. The Morgan fingerprint density at radius 1 is 1.23 bits per heavy atom. The minimum absolute atomic E-state index is 0.0549. The van der Waals surface area contributed by atoms with Crippen LogP contribution in [0, 0.1) is 5.92 Å². The molecule has 6 heteroatoms. The van der Waals surface area contributed by atoms with Crippen molar-refractivity contribution in [1.82, 2.24) is 5.32 Å². The van der Waals surface area contributed by atoms with Crippen LogP contribution in [-0.4, -0.2) is 23.7 Å². The molecule has 0 saturated heterocycles. The molecule has 0 aliphatic heterocycles. The largest absolute Gasteiger partial charge is 0.416 e. The number of nitrogens with one attached hydrogen (secondary N) is 1. The van der Waals surface area contributed by atoms with Crippen LogP contribution in [0.3, 0.4) is 0 Å². The van der Waals surface area contributed by atoms with Crippen molar-refractivity contribution in [3.63, 3.8) is 0 Å². The van der Waals surface area contributed by atoms with Crippen molar-refractivity contribution in [2.45, 2.75) is 45.4 Å². The lowest BCUT2D eigenvalue weighted by molar-refractivity contribution is -0.138. The molecule has 0 saturated carbocycles. The van der Waals surface area contributed by atoms with E-state index in [1.807, 2.05) is 13.8 Å². The molecule has 2 N–H and O–H groups in total. The van der Waals surface area contributed by atoms with Crippen LogP contribution >= 0.6 is 0 Å². The van der Waals surface area contributed by atoms with Crippen molar-refractivity contribution in [2.24, 2.45) is 5.92 Å². The Labute approximate surface area is 128 Å². The lowest BCUT2D eigenvalue weighted by Gasteiger charge is -2.20. The standard InChI is InChI=1S/C16H22F3NO2/c1-3-11(4-2)14(21)10-20-15(22)9-12-7-5-6-8-13(12)16(17,18)19/h5-8,11,14,21H,3-4,9-10H2,1-2H3,(H,20,22). The van der Waals surface area contributed by atoms with Crippen LogP contribution in [0.15, 0.2) is 24.3 Å². The average molecular weight is 317 g/mol. The molecular weight excluding hydrogens is 295 g/mol. The summed E-state index contributed by atoms with van der Waals surface area (Å²) in [6.07, 6.45) is -3.96. The predicted molar refractivity (Wildman–Crippen MR) is 78.2 cm³/mol. The monoisotopic (exact) mass is 317 g/mol. The van der Waals surface area contributed by atoms with Gasteiger partial charge in [-0.2, -0.15) is 13.2 Å². The van der Waals surface area contributed by atoms with E-state index < -0.39 is 23.8 Å². The van der Waals surface area contributed by atoms with E-state index in [0.29, 0.717) is 0 Å². The van der Waals surface area contributed by atoms with Crippen molar-refractivity contribution in [2.75, 3.05) is 6.54 Å². The fourth-order valence-electron chi connectivity index (χ4n) is 2.40. The molecule has 0 aliphatic rings. The molecule has 1 rings (SSSR count). The van der Waals surface area contributed by atoms with Crippen LogP contribution in [0.1, 0.15) is 37.8 Å². The molecule has 1 unspecified atom stereocenters. The Balaban J connectivity index is 2.63. The van der Waals surface area contributed by atoms with Crippen molar-refractivity contribution in [1.29, 1.82) is 0 Å². The first-order valence-corrected chi connectivity index (χ1v) is 7.39. The molecule has 0 aliphatic carbocycles. The van der Waals surface area contributed by atoms with Crippen molar-refractivity contribution in [3.8, 4) is 0 Å². The molecule has 1 aromatic carbocycles. The van der Waals surface area contributed by atoms with Gasteiger partial charge >= 0.3 is 6.18 Å². The third-order valence-corrected chi connectivity index (χ3v) is 3.78. The maximum atomic E-state index is 12.8. The second-order valence-corrected chi connectivity index (χ2v) is 5.28. The molecule has 0 radical (unpaired) electrons. The van der Waals surface area contributed by atoms with Gasteiger partial charge in [0.05, 0.1) is 18.1 Å². The Bertz CT molecular complexity index is 485. The molecule has 0 fully saturated rings. The topological polar surface area (TPSA) is 49.3 Å². The molecule has 1 aromatic rings. The zero-order valence-corrected chi connectivity index (χ0v) is 12.8. The first kappa shape index (κ1) is 18.5. The van der Waals surface area contributed by atoms with E-state index in [9.17, 15) is 23.1 Å². The number of hydrogen-bond acceptors (Lipinski definition) is 2. The number of rotatable bonds is 7. The fourth-order valence-corrected chi connectivity index (χ4v) is 2.40. The van der Waals surface area contributed by atoms with Crippen molar-refractivity contribution < 1.29 is 23.1 Å². The van der Waals surface area contributed by atoms with Crippen LogP contribution in [0.25, 0.3) is 0 Å². The maximum absolute atomic E-state index is 12.8. The van der Waals surface area contributed by atoms with E-state index in [-0.39, 0.29) is 24.4 Å². The highest BCUT2D eigenvalue weighted by Gasteiger charge is 2.33. The van der Waals surface area contributed by atoms with E-state index in [0.717, 1.165) is 18.9 Å². The molecule has 0 spiro atoms. The van der Waals surface area contributed by atoms with Crippen molar-refractivity contribution >= 4 is 5.91 Å². The summed E-state index contributed by atoms with van der Waals surface area (Å²) in [7, 11) is 0. The van der Waals surface area contributed by atoms with Gasteiger partial charge in [0.1, 0.15) is 0 Å². The third-order valence-electron chi connectivity index (χ3n) is 3.78. The molecule has 0 aromatic heterocycles. The van der Waals surface area contributed by atoms with Crippen molar-refractivity contribution in [3.05, 3.63) is 35.4 Å². The third kappa shape index (κ3) is 5.33. The molecule has 1 amide bonds. The quantitative estimate of drug-likeness (QED) is 0.811. The minimum Gasteiger partial charge on any atom is -0.391 e. The van der Waals surface area contributed by atoms with E-state index in [1.165, 1.54) is 18.2 Å². The van der Waals surface area contributed by atoms with Gasteiger partial charge in [-0.25, -0.2) is 0 Å². The number of alkyl halides is 3. The number of aliphatic hydroxyl groups is 1. The molecule has 124 valence electrons. The van der Waals surface area contributed by atoms with Gasteiger partial charge in [0.15, 0.2) is 0 Å². The van der Waals surface area contributed by atoms with Crippen LogP contribution in [0.5, 0.6) is 0 Å². The fraction of sp³-hybridized carbons (Fsp3) is 0.562. The Morgan fingerprint density at radius 3 is 2.36 bits per heavy atom. The number of carbonyl (C=O) groups is 1. The summed E-state index contributed by atoms with van der Waals surface area (Å²) in [5.74, 6) is -0.454. The van der Waals surface area contributed by atoms with Gasteiger partial charge in [-0.15, -0.1) is 0 Å². The highest BCUT2D eigenvalue weighted by Crippen LogP contribution is 2.31. The molecule has 22 heavy (non-hydrogen) atoms. The van der Waals surface area contributed by atoms with Gasteiger partial charge in [0.25, 0.3) is 0 Å². The van der Waals surface area contributed by atoms with Gasteiger partial charge in [-0.05, 0) is 17.5 Å². The number of amides is 1. The smallest absolute Gasteiger partial charge is 0.391 e. The zero-order chi connectivity index (χ0) is 16.8. The number of carbonyl (C=O) groups excluding carboxylic acids is 1. The first-order chi connectivity index (χ1) is 10.3. The summed E-state index contributed by atoms with van der Waals surface area (Å²) >= 11 is 0. The summed E-state index contributed by atoms with van der Waals surface area (Å²) in [6, 6.07) is 5.01. The minimum atomic E-state index is -4.48. The van der Waals surface area contributed by atoms with Gasteiger partial charge in [0, 0.05) is 6.54 Å². The van der Waals surface area contributed by atoms with E-state index in [2.05, 4.69) is 5.32 Å². The summed E-state index contributed by atoms with van der Waals surface area (Å²) in [4.78, 5) is 11.8. The second kappa shape index (κ2) is 8.17. The van der Waals surface area contributed by atoms with E-state index in [4.69, 9.17) is 0 Å². The van der Waals surface area contributed by atoms with Crippen LogP contribution in [0.4, 0.5) is 13.2 Å². The van der Waals surface area contributed by atoms with Gasteiger partial charge in [0.2, 0.25) is 5.91 Å². The molecule has 0 heterocycles. The maximum Gasteiger partial charge on any atom is 0.416 e. The predicted octanol–water partition coefficient (Wildman–Crippen LogP) is 3.16. The Kier molecular flexibility index (Phi) is 6.87. The average Bonchev–Trinajstić information content (AvgIpc) is 2.46. The second-order valence-electron chi connectivity index (χ2n) is 5.28. The number of aliphatic hydroxyl groups excluding tert-OH is 1. The highest BCUT2D eigenvalue weighted by atomic mass is 19.4. The van der Waals surface area contributed by atoms with Crippen LogP contribution in [0.2, 0.25) is 0 Å². The van der Waals surface area contributed by atoms with E-state index in [1.54, 1.807) is 0 Å². The number of hydrogen-bond donors (Lipinski definition) is 2. The molecule has 0 bridgehead atoms. The highest BCUT2D eigenvalue weighted by molar-refractivity contribution is 5.79. The zero-order valence-electron chi connectivity index (χ0n) is 12.8. The summed E-state index contributed by atoms with van der Waals surface area (Å²) < 4.78 is 38.5. The normalized spacial score (nSPS) is 13.2. The van der Waals surface area contributed by atoms with Gasteiger partial charge in [-0.3, -0.25) is 4.79 Å². The molecule has 3 nitrogen and oxygen atoms in total. The van der Waals surface area contributed by atoms with Gasteiger partial charge < -0.3 is 10.4 Å². The molecular formula is C16H22F3NO2. The first-order valence-electron chi connectivity index (χ1n) is 7.39. The van der Waals surface area contributed by atoms with Gasteiger partial charge in [-0.1, -0.05) is 44.9 Å². The van der Waals surface area contributed by atoms with Crippen LogP contribution in [-0.2, 0) is 17.4 Å². The summed E-state index contributed by atoms with van der Waals surface area (Å²) in [5, 5.41) is 12.4. The summed E-state index contributed by atoms with van der Waals surface area (Å²) in [5.41, 5.74) is -0.866. The Hall–Kier alpha value is -1.56.